The first kappa shape index (κ1) is 32.1. The minimum atomic E-state index is -4.50. The topological polar surface area (TPSA) is 161 Å². The zero-order valence-corrected chi connectivity index (χ0v) is 24.0. The second-order valence-corrected chi connectivity index (χ2v) is 11.6. The fraction of sp³-hybridized carbons (Fsp3) is 0.643. The van der Waals surface area contributed by atoms with Gasteiger partial charge in [-0.05, 0) is 24.1 Å². The molecule has 16 heteroatoms. The van der Waals surface area contributed by atoms with Crippen LogP contribution in [-0.2, 0) is 41.4 Å². The summed E-state index contributed by atoms with van der Waals surface area (Å²) in [5.41, 5.74) is -0.268. The maximum absolute atomic E-state index is 14.0. The Morgan fingerprint density at radius 3 is 2.43 bits per heavy atom. The molecule has 1 aromatic rings. The average Bonchev–Trinajstić information content (AvgIpc) is 3.49. The number of methoxy groups -OCH3 is 1. The van der Waals surface area contributed by atoms with Crippen LogP contribution >= 0.6 is 0 Å². The normalized spacial score (nSPS) is 32.0. The zero-order valence-electron chi connectivity index (χ0n) is 24.0. The fourth-order valence-corrected chi connectivity index (χ4v) is 6.35. The first-order chi connectivity index (χ1) is 20.8. The number of carbonyl (C=O) groups excluding carboxylic acids is 4. The number of piperazine rings is 1. The molecule has 6 bridgehead atoms. The number of nitrogens with zero attached hydrogens (tertiary/aromatic N) is 3. The van der Waals surface area contributed by atoms with E-state index in [1.807, 2.05) is 0 Å². The van der Waals surface area contributed by atoms with Crippen LogP contribution in [0.2, 0.25) is 0 Å². The number of likely N-dealkylation sites (tertiary alicyclic amines) is 1. The van der Waals surface area contributed by atoms with Crippen LogP contribution in [-0.4, -0.2) is 138 Å². The van der Waals surface area contributed by atoms with E-state index < -0.39 is 72.0 Å². The van der Waals surface area contributed by atoms with Gasteiger partial charge in [0, 0.05) is 45.9 Å². The maximum atomic E-state index is 14.0. The number of hydrogen-bond acceptors (Lipinski definition) is 9. The number of amides is 4. The lowest BCUT2D eigenvalue weighted by atomic mass is 10.0. The third kappa shape index (κ3) is 6.83. The van der Waals surface area contributed by atoms with Crippen LogP contribution in [0.4, 0.5) is 13.2 Å². The third-order valence-electron chi connectivity index (χ3n) is 8.63. The van der Waals surface area contributed by atoms with Gasteiger partial charge < -0.3 is 40.1 Å². The molecule has 0 saturated carbocycles. The predicted octanol–water partition coefficient (Wildman–Crippen LogP) is -1.54. The second-order valence-electron chi connectivity index (χ2n) is 11.6. The summed E-state index contributed by atoms with van der Waals surface area (Å²) in [4.78, 5) is 57.7. The van der Waals surface area contributed by atoms with Gasteiger partial charge in [0.2, 0.25) is 23.6 Å². The molecule has 44 heavy (non-hydrogen) atoms. The number of aliphatic hydroxyl groups excluding tert-OH is 2. The van der Waals surface area contributed by atoms with Crippen LogP contribution in [0.1, 0.15) is 24.0 Å². The van der Waals surface area contributed by atoms with Gasteiger partial charge in [-0.2, -0.15) is 13.2 Å². The van der Waals surface area contributed by atoms with Gasteiger partial charge >= 0.3 is 6.18 Å². The fourth-order valence-electron chi connectivity index (χ4n) is 6.35. The van der Waals surface area contributed by atoms with Crippen LogP contribution < -0.4 is 10.6 Å². The monoisotopic (exact) mass is 627 g/mol. The molecule has 0 aliphatic carbocycles. The van der Waals surface area contributed by atoms with E-state index in [2.05, 4.69) is 10.6 Å². The van der Waals surface area contributed by atoms with Gasteiger partial charge in [-0.3, -0.25) is 24.1 Å². The van der Waals surface area contributed by atoms with E-state index >= 15 is 0 Å². The predicted molar refractivity (Wildman–Crippen MR) is 144 cm³/mol. The number of nitrogens with one attached hydrogen (secondary N) is 2. The van der Waals surface area contributed by atoms with Gasteiger partial charge in [0.15, 0.2) is 0 Å². The standard InChI is InChI=1S/C28H36F3N5O8/c1-43-14-23(38)36-7-6-34-13-19(36)26(41)32-10-21-25(40)24(39)20(44-21)9-22(37)33-17-8-18(27(34)42)35(12-17)11-15-2-4-16(5-3-15)28(29,30)31/h2-5,17-21,24-25,39-40H,6-14H2,1H3,(H,32,41)(H,33,37)/t17-,18-,19-,20-,21+,24-,25+/m0/s1. The molecule has 13 nitrogen and oxygen atoms in total. The molecule has 242 valence electrons. The summed E-state index contributed by atoms with van der Waals surface area (Å²) in [6, 6.07) is 2.25. The van der Waals surface area contributed by atoms with Crippen LogP contribution in [0, 0.1) is 0 Å². The number of hydrogen-bond donors (Lipinski definition) is 4. The Labute approximate surface area is 251 Å². The first-order valence-corrected chi connectivity index (χ1v) is 14.4. The van der Waals surface area contributed by atoms with Gasteiger partial charge in [-0.25, -0.2) is 0 Å². The minimum Gasteiger partial charge on any atom is -0.388 e. The molecule has 4 fully saturated rings. The number of fused-ring (bicyclic) bond motifs is 6. The van der Waals surface area contributed by atoms with E-state index in [-0.39, 0.29) is 64.6 Å². The molecule has 4 N–H and O–H groups in total. The van der Waals surface area contributed by atoms with Gasteiger partial charge in [-0.1, -0.05) is 12.1 Å². The SMILES string of the molecule is COCC(=O)N1CCN2C[C@H]1C(=O)NC[C@H]1O[C@@H](CC(=O)N[C@H]3C[C@@H](C2=O)N(Cc2ccc(C(F)(F)F)cc2)C3)[C@H](O)[C@@H]1O. The molecule has 0 aromatic heterocycles. The lowest BCUT2D eigenvalue weighted by Crippen LogP contribution is -2.64. The lowest BCUT2D eigenvalue weighted by Gasteiger charge is -2.42. The number of carbonyl (C=O) groups is 4. The lowest BCUT2D eigenvalue weighted by molar-refractivity contribution is -0.152. The van der Waals surface area contributed by atoms with E-state index in [1.54, 1.807) is 4.90 Å². The van der Waals surface area contributed by atoms with E-state index in [4.69, 9.17) is 9.47 Å². The van der Waals surface area contributed by atoms with Crippen molar-refractivity contribution in [3.05, 3.63) is 35.4 Å². The molecule has 0 radical (unpaired) electrons. The van der Waals surface area contributed by atoms with Gasteiger partial charge in [0.1, 0.15) is 31.0 Å². The van der Waals surface area contributed by atoms with Crippen molar-refractivity contribution in [1.29, 1.82) is 0 Å². The van der Waals surface area contributed by atoms with Crippen LogP contribution in [0.5, 0.6) is 0 Å². The Kier molecular flexibility index (Phi) is 9.46. The van der Waals surface area contributed by atoms with Crippen molar-refractivity contribution in [3.63, 3.8) is 0 Å². The summed E-state index contributed by atoms with van der Waals surface area (Å²) in [6.07, 6.45) is -9.43. The third-order valence-corrected chi connectivity index (χ3v) is 8.63. The maximum Gasteiger partial charge on any atom is 0.416 e. The Hall–Kier alpha value is -3.31. The number of ether oxygens (including phenoxy) is 2. The number of benzene rings is 1. The summed E-state index contributed by atoms with van der Waals surface area (Å²) < 4.78 is 50.0. The van der Waals surface area contributed by atoms with E-state index in [0.29, 0.717) is 5.56 Å². The molecule has 0 unspecified atom stereocenters. The van der Waals surface area contributed by atoms with E-state index in [1.165, 1.54) is 29.0 Å². The van der Waals surface area contributed by atoms with Crippen molar-refractivity contribution in [1.82, 2.24) is 25.3 Å². The molecule has 1 aromatic carbocycles. The number of alkyl halides is 3. The first-order valence-electron chi connectivity index (χ1n) is 14.4. The highest BCUT2D eigenvalue weighted by Gasteiger charge is 2.47. The quantitative estimate of drug-likeness (QED) is 0.310. The molecular weight excluding hydrogens is 591 g/mol. The number of halogens is 3. The molecule has 4 heterocycles. The molecule has 0 spiro atoms. The molecule has 7 atom stereocenters. The highest BCUT2D eigenvalue weighted by atomic mass is 19.4. The van der Waals surface area contributed by atoms with Crippen LogP contribution in [0.25, 0.3) is 0 Å². The molecule has 4 aliphatic heterocycles. The van der Waals surface area contributed by atoms with E-state index in [9.17, 15) is 42.6 Å². The van der Waals surface area contributed by atoms with E-state index in [0.717, 1.165) is 12.1 Å². The second kappa shape index (κ2) is 13.0. The highest BCUT2D eigenvalue weighted by Crippen LogP contribution is 2.31. The Bertz CT molecular complexity index is 1250. The number of aliphatic hydroxyl groups is 2. The summed E-state index contributed by atoms with van der Waals surface area (Å²) in [6.45, 7) is -0.131. The van der Waals surface area contributed by atoms with Crippen molar-refractivity contribution < 1.29 is 52.0 Å². The highest BCUT2D eigenvalue weighted by molar-refractivity contribution is 5.90. The summed E-state index contributed by atoms with van der Waals surface area (Å²) in [7, 11) is 1.35. The van der Waals surface area contributed by atoms with Gasteiger partial charge in [0.25, 0.3) is 0 Å². The summed E-state index contributed by atoms with van der Waals surface area (Å²) >= 11 is 0. The van der Waals surface area contributed by atoms with Crippen LogP contribution in [0.15, 0.2) is 24.3 Å². The largest absolute Gasteiger partial charge is 0.416 e. The Balaban J connectivity index is 1.42. The van der Waals surface area contributed by atoms with Crippen molar-refractivity contribution in [2.24, 2.45) is 0 Å². The molecule has 5 rings (SSSR count). The summed E-state index contributed by atoms with van der Waals surface area (Å²) in [5, 5.41) is 26.5. The molecular formula is C28H36F3N5O8. The zero-order chi connectivity index (χ0) is 31.8. The minimum absolute atomic E-state index is 0.0428. The van der Waals surface area contributed by atoms with Crippen molar-refractivity contribution >= 4 is 23.6 Å². The molecule has 4 aliphatic rings. The van der Waals surface area contributed by atoms with Gasteiger partial charge in [-0.15, -0.1) is 0 Å². The Morgan fingerprint density at radius 1 is 1.05 bits per heavy atom. The van der Waals surface area contributed by atoms with Crippen molar-refractivity contribution in [3.8, 4) is 0 Å². The van der Waals surface area contributed by atoms with Crippen LogP contribution in [0.3, 0.4) is 0 Å². The Morgan fingerprint density at radius 2 is 1.75 bits per heavy atom. The number of rotatable bonds is 4. The summed E-state index contributed by atoms with van der Waals surface area (Å²) in [5.74, 6) is -1.87. The molecule has 4 saturated heterocycles. The smallest absolute Gasteiger partial charge is 0.388 e. The van der Waals surface area contributed by atoms with Crippen molar-refractivity contribution in [2.75, 3.05) is 46.4 Å². The van der Waals surface area contributed by atoms with Crippen molar-refractivity contribution in [2.45, 2.75) is 68.1 Å². The average molecular weight is 628 g/mol. The molecule has 4 amide bonds. The van der Waals surface area contributed by atoms with Gasteiger partial charge in [0.05, 0.1) is 30.7 Å².